The molecule has 0 bridgehead atoms. The molecule has 0 saturated carbocycles. The third kappa shape index (κ3) is 4.56. The number of methoxy groups -OCH3 is 4. The van der Waals surface area contributed by atoms with Gasteiger partial charge in [-0.15, -0.1) is 0 Å². The molecule has 0 atom stereocenters. The summed E-state index contributed by atoms with van der Waals surface area (Å²) in [6.07, 6.45) is 0. The summed E-state index contributed by atoms with van der Waals surface area (Å²) < 4.78 is 21.6. The third-order valence-corrected chi connectivity index (χ3v) is 5.18. The number of ether oxygens (including phenoxy) is 4. The van der Waals surface area contributed by atoms with E-state index < -0.39 is 0 Å². The van der Waals surface area contributed by atoms with Crippen LogP contribution in [0.2, 0.25) is 0 Å². The highest BCUT2D eigenvalue weighted by Gasteiger charge is 2.27. The smallest absolute Gasteiger partial charge is 0.261 e. The van der Waals surface area contributed by atoms with E-state index in [4.69, 9.17) is 18.9 Å². The molecule has 1 aliphatic heterocycles. The van der Waals surface area contributed by atoms with E-state index in [1.807, 2.05) is 29.2 Å². The minimum atomic E-state index is -0.0714. The predicted octanol–water partition coefficient (Wildman–Crippen LogP) is 2.68. The molecule has 156 valence electrons. The molecule has 1 saturated heterocycles. The van der Waals surface area contributed by atoms with Crippen LogP contribution >= 0.6 is 0 Å². The highest BCUT2D eigenvalue weighted by Crippen LogP contribution is 2.30. The zero-order valence-electron chi connectivity index (χ0n) is 17.4. The zero-order valence-corrected chi connectivity index (χ0v) is 17.4. The molecule has 0 aromatic heterocycles. The summed E-state index contributed by atoms with van der Waals surface area (Å²) in [5.74, 6) is 2.62. The lowest BCUT2D eigenvalue weighted by Crippen LogP contribution is -2.48. The molecule has 0 aliphatic carbocycles. The van der Waals surface area contributed by atoms with E-state index in [0.29, 0.717) is 30.2 Å². The first kappa shape index (κ1) is 20.8. The van der Waals surface area contributed by atoms with Gasteiger partial charge in [-0.25, -0.2) is 0 Å². The summed E-state index contributed by atoms with van der Waals surface area (Å²) in [6, 6.07) is 11.2. The van der Waals surface area contributed by atoms with Crippen molar-refractivity contribution in [2.24, 2.45) is 0 Å². The second-order valence-electron chi connectivity index (χ2n) is 6.78. The maximum atomic E-state index is 13.1. The van der Waals surface area contributed by atoms with Gasteiger partial charge in [0.15, 0.2) is 0 Å². The molecule has 0 spiro atoms. The quantitative estimate of drug-likeness (QED) is 0.712. The fourth-order valence-corrected chi connectivity index (χ4v) is 3.58. The molecule has 2 aromatic carbocycles. The van der Waals surface area contributed by atoms with E-state index in [1.165, 1.54) is 0 Å². The summed E-state index contributed by atoms with van der Waals surface area (Å²) >= 11 is 0. The SMILES string of the molecule is COc1ccc(OC)c(CN2CCN(C(=O)c3c(OC)cccc3OC)CC2)c1. The Bertz CT molecular complexity index is 825. The van der Waals surface area contributed by atoms with Gasteiger partial charge in [0.2, 0.25) is 0 Å². The summed E-state index contributed by atoms with van der Waals surface area (Å²) in [5.41, 5.74) is 1.54. The molecule has 0 unspecified atom stereocenters. The molecule has 3 rings (SSSR count). The minimum absolute atomic E-state index is 0.0714. The zero-order chi connectivity index (χ0) is 20.8. The molecule has 7 nitrogen and oxygen atoms in total. The highest BCUT2D eigenvalue weighted by molar-refractivity contribution is 5.99. The van der Waals surface area contributed by atoms with Gasteiger partial charge in [-0.2, -0.15) is 0 Å². The standard InChI is InChI=1S/C22H28N2O5/c1-26-17-8-9-18(27-2)16(14-17)15-23-10-12-24(13-11-23)22(25)21-19(28-3)6-5-7-20(21)29-4/h5-9,14H,10-13,15H2,1-4H3. The van der Waals surface area contributed by atoms with Crippen molar-refractivity contribution in [3.63, 3.8) is 0 Å². The lowest BCUT2D eigenvalue weighted by Gasteiger charge is -2.35. The van der Waals surface area contributed by atoms with E-state index >= 15 is 0 Å². The molecule has 1 amide bonds. The van der Waals surface area contributed by atoms with Gasteiger partial charge >= 0.3 is 0 Å². The van der Waals surface area contributed by atoms with E-state index in [9.17, 15) is 4.79 Å². The maximum absolute atomic E-state index is 13.1. The van der Waals surface area contributed by atoms with E-state index in [0.717, 1.165) is 36.7 Å². The van der Waals surface area contributed by atoms with Crippen molar-refractivity contribution >= 4 is 5.91 Å². The van der Waals surface area contributed by atoms with Crippen LogP contribution in [0.4, 0.5) is 0 Å². The maximum Gasteiger partial charge on any atom is 0.261 e. The number of hydrogen-bond acceptors (Lipinski definition) is 6. The Balaban J connectivity index is 1.68. The van der Waals surface area contributed by atoms with Crippen molar-refractivity contribution < 1.29 is 23.7 Å². The van der Waals surface area contributed by atoms with Gasteiger partial charge < -0.3 is 23.8 Å². The summed E-state index contributed by atoms with van der Waals surface area (Å²) in [5, 5.41) is 0. The molecule has 29 heavy (non-hydrogen) atoms. The average molecular weight is 400 g/mol. The van der Waals surface area contributed by atoms with Gasteiger partial charge in [-0.3, -0.25) is 9.69 Å². The molecular formula is C22H28N2O5. The average Bonchev–Trinajstić information content (AvgIpc) is 2.78. The van der Waals surface area contributed by atoms with Crippen molar-refractivity contribution in [1.29, 1.82) is 0 Å². The molecule has 7 heteroatoms. The van der Waals surface area contributed by atoms with Crippen LogP contribution in [0, 0.1) is 0 Å². The van der Waals surface area contributed by atoms with Crippen molar-refractivity contribution in [2.75, 3.05) is 54.6 Å². The fraction of sp³-hybridized carbons (Fsp3) is 0.409. The minimum Gasteiger partial charge on any atom is -0.497 e. The second kappa shape index (κ2) is 9.52. The number of carbonyl (C=O) groups is 1. The predicted molar refractivity (Wildman–Crippen MR) is 110 cm³/mol. The molecule has 1 fully saturated rings. The van der Waals surface area contributed by atoms with Gasteiger partial charge in [0, 0.05) is 38.3 Å². The Morgan fingerprint density at radius 1 is 0.828 bits per heavy atom. The van der Waals surface area contributed by atoms with Gasteiger partial charge in [-0.1, -0.05) is 6.07 Å². The first-order valence-electron chi connectivity index (χ1n) is 9.54. The molecule has 0 radical (unpaired) electrons. The van der Waals surface area contributed by atoms with Crippen LogP contribution in [0.3, 0.4) is 0 Å². The number of carbonyl (C=O) groups excluding carboxylic acids is 1. The van der Waals surface area contributed by atoms with Crippen molar-refractivity contribution in [3.05, 3.63) is 47.5 Å². The topological polar surface area (TPSA) is 60.5 Å². The Hall–Kier alpha value is -2.93. The number of piperazine rings is 1. The van der Waals surface area contributed by atoms with Gasteiger partial charge in [-0.05, 0) is 30.3 Å². The van der Waals surface area contributed by atoms with Gasteiger partial charge in [0.05, 0.1) is 28.4 Å². The fourth-order valence-electron chi connectivity index (χ4n) is 3.58. The van der Waals surface area contributed by atoms with Crippen LogP contribution in [-0.4, -0.2) is 70.3 Å². The van der Waals surface area contributed by atoms with Crippen LogP contribution in [-0.2, 0) is 6.54 Å². The molecule has 1 aliphatic rings. The first-order chi connectivity index (χ1) is 14.1. The van der Waals surface area contributed by atoms with E-state index in [-0.39, 0.29) is 5.91 Å². The van der Waals surface area contributed by atoms with E-state index in [1.54, 1.807) is 40.6 Å². The third-order valence-electron chi connectivity index (χ3n) is 5.18. The van der Waals surface area contributed by atoms with Crippen LogP contribution in [0.5, 0.6) is 23.0 Å². The number of amides is 1. The Morgan fingerprint density at radius 3 is 2.00 bits per heavy atom. The summed E-state index contributed by atoms with van der Waals surface area (Å²) in [4.78, 5) is 17.3. The van der Waals surface area contributed by atoms with Gasteiger partial charge in [0.25, 0.3) is 5.91 Å². The second-order valence-corrected chi connectivity index (χ2v) is 6.78. The lowest BCUT2D eigenvalue weighted by molar-refractivity contribution is 0.0621. The number of rotatable bonds is 7. The molecule has 1 heterocycles. The largest absolute Gasteiger partial charge is 0.497 e. The van der Waals surface area contributed by atoms with Crippen LogP contribution in [0.15, 0.2) is 36.4 Å². The monoisotopic (exact) mass is 400 g/mol. The summed E-state index contributed by atoms with van der Waals surface area (Å²) in [6.45, 7) is 3.53. The number of hydrogen-bond donors (Lipinski definition) is 0. The van der Waals surface area contributed by atoms with Crippen LogP contribution in [0.1, 0.15) is 15.9 Å². The first-order valence-corrected chi connectivity index (χ1v) is 9.54. The number of benzene rings is 2. The Kier molecular flexibility index (Phi) is 6.82. The van der Waals surface area contributed by atoms with Gasteiger partial charge in [0.1, 0.15) is 28.6 Å². The van der Waals surface area contributed by atoms with Crippen LogP contribution < -0.4 is 18.9 Å². The highest BCUT2D eigenvalue weighted by atomic mass is 16.5. The molecule has 0 N–H and O–H groups in total. The molecule has 2 aromatic rings. The lowest BCUT2D eigenvalue weighted by atomic mass is 10.1. The summed E-state index contributed by atoms with van der Waals surface area (Å²) in [7, 11) is 6.45. The van der Waals surface area contributed by atoms with Crippen molar-refractivity contribution in [1.82, 2.24) is 9.80 Å². The van der Waals surface area contributed by atoms with Crippen molar-refractivity contribution in [2.45, 2.75) is 6.54 Å². The van der Waals surface area contributed by atoms with Crippen molar-refractivity contribution in [3.8, 4) is 23.0 Å². The van der Waals surface area contributed by atoms with E-state index in [2.05, 4.69) is 4.90 Å². The Labute approximate surface area is 171 Å². The normalized spacial score (nSPS) is 14.4. The number of nitrogens with zero attached hydrogens (tertiary/aromatic N) is 2. The van der Waals surface area contributed by atoms with Crippen LogP contribution in [0.25, 0.3) is 0 Å². The Morgan fingerprint density at radius 2 is 1.45 bits per heavy atom. The molecular weight excluding hydrogens is 372 g/mol.